The number of hydrogen-bond acceptors (Lipinski definition) is 4. The van der Waals surface area contributed by atoms with Crippen molar-refractivity contribution in [2.45, 2.75) is 26.1 Å². The molecule has 0 unspecified atom stereocenters. The molecule has 4 aromatic carbocycles. The molecule has 1 saturated heterocycles. The highest BCUT2D eigenvalue weighted by atomic mass is 19.1. The number of nitrogens with one attached hydrogen (secondary N) is 2. The number of fused-ring (bicyclic) bond motifs is 1. The predicted octanol–water partition coefficient (Wildman–Crippen LogP) is 5.40. The quantitative estimate of drug-likeness (QED) is 0.342. The summed E-state index contributed by atoms with van der Waals surface area (Å²) in [4.78, 5) is 24.7. The summed E-state index contributed by atoms with van der Waals surface area (Å²) in [5.74, 6) is -0.617. The van der Waals surface area contributed by atoms with Crippen molar-refractivity contribution in [1.82, 2.24) is 10.6 Å². The van der Waals surface area contributed by atoms with E-state index in [4.69, 9.17) is 4.74 Å². The van der Waals surface area contributed by atoms with Gasteiger partial charge in [0.25, 0.3) is 0 Å². The third kappa shape index (κ3) is 5.62. The van der Waals surface area contributed by atoms with Crippen molar-refractivity contribution in [2.75, 3.05) is 18.0 Å². The molecule has 0 spiro atoms. The Morgan fingerprint density at radius 2 is 1.78 bits per heavy atom. The van der Waals surface area contributed by atoms with E-state index < -0.39 is 18.0 Å². The van der Waals surface area contributed by atoms with E-state index in [2.05, 4.69) is 47.0 Å². The van der Waals surface area contributed by atoms with Crippen LogP contribution < -0.4 is 15.5 Å². The summed E-state index contributed by atoms with van der Waals surface area (Å²) in [6, 6.07) is 27.2. The fourth-order valence-corrected chi connectivity index (χ4v) is 4.59. The Labute approximate surface area is 215 Å². The smallest absolute Gasteiger partial charge is 0.414 e. The summed E-state index contributed by atoms with van der Waals surface area (Å²) < 4.78 is 20.3. The highest BCUT2D eigenvalue weighted by Gasteiger charge is 2.32. The van der Waals surface area contributed by atoms with E-state index in [-0.39, 0.29) is 19.0 Å². The van der Waals surface area contributed by atoms with E-state index >= 15 is 4.39 Å². The lowest BCUT2D eigenvalue weighted by atomic mass is 10.0. The van der Waals surface area contributed by atoms with Gasteiger partial charge >= 0.3 is 6.09 Å². The number of ether oxygens (including phenoxy) is 1. The van der Waals surface area contributed by atoms with Crippen LogP contribution in [-0.4, -0.2) is 31.2 Å². The first kappa shape index (κ1) is 24.5. The molecule has 1 heterocycles. The normalized spacial score (nSPS) is 15.1. The van der Waals surface area contributed by atoms with Gasteiger partial charge in [-0.05, 0) is 45.7 Å². The Morgan fingerprint density at radius 1 is 1.00 bits per heavy atom. The number of amides is 2. The van der Waals surface area contributed by atoms with E-state index in [1.54, 1.807) is 12.1 Å². The van der Waals surface area contributed by atoms with Crippen LogP contribution in [0.25, 0.3) is 21.9 Å². The van der Waals surface area contributed by atoms with E-state index in [0.29, 0.717) is 17.8 Å². The summed E-state index contributed by atoms with van der Waals surface area (Å²) >= 11 is 0. The number of nitrogens with zero attached hydrogens (tertiary/aromatic N) is 1. The second kappa shape index (κ2) is 10.8. The molecule has 0 saturated carbocycles. The van der Waals surface area contributed by atoms with Gasteiger partial charge in [-0.1, -0.05) is 66.7 Å². The van der Waals surface area contributed by atoms with Crippen LogP contribution in [0.3, 0.4) is 0 Å². The summed E-state index contributed by atoms with van der Waals surface area (Å²) in [5, 5.41) is 8.60. The zero-order valence-corrected chi connectivity index (χ0v) is 20.5. The second-order valence-corrected chi connectivity index (χ2v) is 9.16. The highest BCUT2D eigenvalue weighted by Crippen LogP contribution is 2.29. The van der Waals surface area contributed by atoms with Gasteiger partial charge in [0.1, 0.15) is 11.9 Å². The predicted molar refractivity (Wildman–Crippen MR) is 143 cm³/mol. The monoisotopic (exact) mass is 497 g/mol. The molecule has 0 aliphatic carbocycles. The van der Waals surface area contributed by atoms with Gasteiger partial charge in [0.05, 0.1) is 18.8 Å². The maximum Gasteiger partial charge on any atom is 0.414 e. The summed E-state index contributed by atoms with van der Waals surface area (Å²) in [5.41, 5.74) is 3.99. The lowest BCUT2D eigenvalue weighted by Crippen LogP contribution is -2.33. The SMILES string of the molecule is CC(=O)NC[C@H]1CN(c2ccc(-c3ccc(CNCc4cccc5ccccc45)cc3)c(F)c2)C(=O)O1. The van der Waals surface area contributed by atoms with Crippen molar-refractivity contribution in [2.24, 2.45) is 0 Å². The van der Waals surface area contributed by atoms with Gasteiger partial charge in [-0.25, -0.2) is 9.18 Å². The molecule has 1 aliphatic heterocycles. The summed E-state index contributed by atoms with van der Waals surface area (Å²) in [6.07, 6.45) is -1.02. The van der Waals surface area contributed by atoms with Crippen LogP contribution in [0, 0.1) is 5.82 Å². The number of anilines is 1. The third-order valence-corrected chi connectivity index (χ3v) is 6.51. The van der Waals surface area contributed by atoms with Gasteiger partial charge in [0, 0.05) is 25.6 Å². The molecule has 1 atom stereocenters. The molecule has 6 nitrogen and oxygen atoms in total. The van der Waals surface area contributed by atoms with Crippen molar-refractivity contribution in [3.8, 4) is 11.1 Å². The molecule has 0 bridgehead atoms. The minimum Gasteiger partial charge on any atom is -0.442 e. The molecule has 0 radical (unpaired) electrons. The Bertz CT molecular complexity index is 1430. The van der Waals surface area contributed by atoms with Crippen LogP contribution in [0.15, 0.2) is 84.9 Å². The van der Waals surface area contributed by atoms with E-state index in [0.717, 1.165) is 17.7 Å². The fraction of sp³-hybridized carbons (Fsp3) is 0.200. The number of benzene rings is 4. The summed E-state index contributed by atoms with van der Waals surface area (Å²) in [6.45, 7) is 3.32. The lowest BCUT2D eigenvalue weighted by molar-refractivity contribution is -0.119. The molecule has 2 amide bonds. The van der Waals surface area contributed by atoms with E-state index in [1.165, 1.54) is 34.2 Å². The molecular weight excluding hydrogens is 469 g/mol. The number of halogens is 1. The van der Waals surface area contributed by atoms with Crippen molar-refractivity contribution >= 4 is 28.5 Å². The van der Waals surface area contributed by atoms with E-state index in [1.807, 2.05) is 30.3 Å². The molecule has 188 valence electrons. The molecule has 2 N–H and O–H groups in total. The van der Waals surface area contributed by atoms with Gasteiger partial charge in [0.15, 0.2) is 0 Å². The number of carbonyl (C=O) groups is 2. The Balaban J connectivity index is 1.21. The molecule has 5 rings (SSSR count). The zero-order valence-electron chi connectivity index (χ0n) is 20.5. The van der Waals surface area contributed by atoms with Gasteiger partial charge in [-0.15, -0.1) is 0 Å². The van der Waals surface area contributed by atoms with Gasteiger partial charge in [0.2, 0.25) is 5.91 Å². The van der Waals surface area contributed by atoms with Crippen molar-refractivity contribution in [3.63, 3.8) is 0 Å². The average Bonchev–Trinajstić information content (AvgIpc) is 3.28. The molecular formula is C30H28FN3O3. The molecule has 37 heavy (non-hydrogen) atoms. The molecule has 1 aliphatic rings. The second-order valence-electron chi connectivity index (χ2n) is 9.16. The third-order valence-electron chi connectivity index (χ3n) is 6.51. The first-order chi connectivity index (χ1) is 18.0. The number of cyclic esters (lactones) is 1. The van der Waals surface area contributed by atoms with Crippen LogP contribution in [0.2, 0.25) is 0 Å². The molecule has 1 fully saturated rings. The van der Waals surface area contributed by atoms with Crippen LogP contribution in [0.4, 0.5) is 14.9 Å². The van der Waals surface area contributed by atoms with Gasteiger partial charge in [-0.3, -0.25) is 9.69 Å². The van der Waals surface area contributed by atoms with Crippen LogP contribution in [0.1, 0.15) is 18.1 Å². The summed E-state index contributed by atoms with van der Waals surface area (Å²) in [7, 11) is 0. The highest BCUT2D eigenvalue weighted by molar-refractivity contribution is 5.90. The van der Waals surface area contributed by atoms with Gasteiger partial charge < -0.3 is 15.4 Å². The maximum atomic E-state index is 15.0. The Morgan fingerprint density at radius 3 is 2.57 bits per heavy atom. The maximum absolute atomic E-state index is 15.0. The standard InChI is InChI=1S/C30H28FN3O3/c1-20(35)33-18-26-19-34(30(36)37-26)25-13-14-28(29(31)15-25)23-11-9-21(10-12-23)16-32-17-24-7-4-6-22-5-2-3-8-27(22)24/h2-15,26,32H,16-19H2,1H3,(H,33,35)/t26-/m0/s1. The van der Waals surface area contributed by atoms with Crippen molar-refractivity contribution < 1.29 is 18.7 Å². The molecule has 7 heteroatoms. The molecule has 0 aromatic heterocycles. The van der Waals surface area contributed by atoms with Crippen molar-refractivity contribution in [1.29, 1.82) is 0 Å². The van der Waals surface area contributed by atoms with Crippen LogP contribution in [-0.2, 0) is 22.6 Å². The van der Waals surface area contributed by atoms with Gasteiger partial charge in [-0.2, -0.15) is 0 Å². The first-order valence-electron chi connectivity index (χ1n) is 12.3. The minimum atomic E-state index is -0.553. The van der Waals surface area contributed by atoms with E-state index in [9.17, 15) is 9.59 Å². The van der Waals surface area contributed by atoms with Crippen LogP contribution >= 0.6 is 0 Å². The Kier molecular flexibility index (Phi) is 7.14. The zero-order chi connectivity index (χ0) is 25.8. The topological polar surface area (TPSA) is 70.7 Å². The average molecular weight is 498 g/mol. The first-order valence-corrected chi connectivity index (χ1v) is 12.3. The largest absolute Gasteiger partial charge is 0.442 e. The minimum absolute atomic E-state index is 0.198. The number of hydrogen-bond donors (Lipinski definition) is 2. The van der Waals surface area contributed by atoms with Crippen LogP contribution in [0.5, 0.6) is 0 Å². The number of rotatable bonds is 8. The Hall–Kier alpha value is -4.23. The lowest BCUT2D eigenvalue weighted by Gasteiger charge is -2.15. The molecule has 4 aromatic rings. The number of carbonyl (C=O) groups excluding carboxylic acids is 2. The van der Waals surface area contributed by atoms with Crippen molar-refractivity contribution in [3.05, 3.63) is 102 Å². The fourth-order valence-electron chi connectivity index (χ4n) is 4.59.